The van der Waals surface area contributed by atoms with Gasteiger partial charge < -0.3 is 0 Å². The van der Waals surface area contributed by atoms with Crippen LogP contribution in [0.2, 0.25) is 0 Å². The summed E-state index contributed by atoms with van der Waals surface area (Å²) in [4.78, 5) is 33.5. The number of Topliss-reactive ketones (excluding diaryl/α,β-unsaturated/α-hetero) is 2. The maximum atomic E-state index is 12.3. The molecule has 0 N–H and O–H groups in total. The molecule has 0 aliphatic rings. The lowest BCUT2D eigenvalue weighted by Gasteiger charge is -2.04. The van der Waals surface area contributed by atoms with E-state index in [0.717, 1.165) is 21.8 Å². The Balaban J connectivity index is 1.48. The molecule has 26 heavy (non-hydrogen) atoms. The Morgan fingerprint density at radius 2 is 1.00 bits per heavy atom. The highest BCUT2D eigenvalue weighted by molar-refractivity contribution is 6.38. The van der Waals surface area contributed by atoms with Crippen LogP contribution in [0.15, 0.2) is 72.8 Å². The van der Waals surface area contributed by atoms with Crippen LogP contribution in [-0.4, -0.2) is 21.5 Å². The number of hydrogen-bond donors (Lipinski definition) is 0. The average Bonchev–Trinajstić information content (AvgIpc) is 2.67. The summed E-state index contributed by atoms with van der Waals surface area (Å²) in [5.74, 6) is -0.884. The zero-order chi connectivity index (χ0) is 17.9. The lowest BCUT2D eigenvalue weighted by atomic mass is 10.1. The van der Waals surface area contributed by atoms with Crippen LogP contribution < -0.4 is 0 Å². The number of ketones is 2. The molecule has 2 aromatic carbocycles. The van der Waals surface area contributed by atoms with E-state index < -0.39 is 11.6 Å². The number of rotatable bonds is 5. The Hall–Kier alpha value is -3.40. The summed E-state index contributed by atoms with van der Waals surface area (Å²) < 4.78 is 0. The third kappa shape index (κ3) is 3.35. The van der Waals surface area contributed by atoms with Crippen LogP contribution in [0, 0.1) is 0 Å². The lowest BCUT2D eigenvalue weighted by Crippen LogP contribution is -2.19. The largest absolute Gasteiger partial charge is 0.290 e. The minimum atomic E-state index is -0.442. The van der Waals surface area contributed by atoms with Crippen molar-refractivity contribution in [1.82, 2.24) is 9.97 Å². The maximum Gasteiger partial charge on any atom is 0.204 e. The first-order chi connectivity index (χ1) is 12.7. The molecular formula is C22H16N2O2. The van der Waals surface area contributed by atoms with Gasteiger partial charge in [-0.1, -0.05) is 48.5 Å². The summed E-state index contributed by atoms with van der Waals surface area (Å²) in [6.07, 6.45) is 0.0223. The molecule has 0 spiro atoms. The first-order valence-corrected chi connectivity index (χ1v) is 8.44. The molecule has 0 aliphatic carbocycles. The Kier molecular flexibility index (Phi) is 4.23. The minimum absolute atomic E-state index is 0.0112. The number of benzene rings is 2. The predicted octanol–water partition coefficient (Wildman–Crippen LogP) is 3.71. The monoisotopic (exact) mass is 340 g/mol. The van der Waals surface area contributed by atoms with Crippen molar-refractivity contribution in [2.75, 3.05) is 0 Å². The summed E-state index contributed by atoms with van der Waals surface area (Å²) in [6.45, 7) is 0. The molecule has 2 aromatic heterocycles. The molecule has 4 heteroatoms. The molecule has 0 saturated heterocycles. The van der Waals surface area contributed by atoms with Crippen LogP contribution in [-0.2, 0) is 22.4 Å². The van der Waals surface area contributed by atoms with Crippen molar-refractivity contribution < 1.29 is 9.59 Å². The van der Waals surface area contributed by atoms with Gasteiger partial charge in [-0.25, -0.2) is 0 Å². The molecule has 0 amide bonds. The first kappa shape index (κ1) is 16.1. The molecule has 0 bridgehead atoms. The van der Waals surface area contributed by atoms with Crippen LogP contribution in [0.4, 0.5) is 0 Å². The van der Waals surface area contributed by atoms with Gasteiger partial charge in [0.25, 0.3) is 0 Å². The fourth-order valence-corrected chi connectivity index (χ4v) is 2.94. The second-order valence-corrected chi connectivity index (χ2v) is 6.19. The summed E-state index contributed by atoms with van der Waals surface area (Å²) in [5.41, 5.74) is 2.85. The third-order valence-electron chi connectivity index (χ3n) is 4.31. The molecule has 4 aromatic rings. The van der Waals surface area contributed by atoms with E-state index in [1.54, 1.807) is 12.1 Å². The van der Waals surface area contributed by atoms with Gasteiger partial charge >= 0.3 is 0 Å². The topological polar surface area (TPSA) is 59.9 Å². The normalized spacial score (nSPS) is 10.9. The van der Waals surface area contributed by atoms with Crippen molar-refractivity contribution in [3.8, 4) is 0 Å². The van der Waals surface area contributed by atoms with Gasteiger partial charge in [0.1, 0.15) is 0 Å². The van der Waals surface area contributed by atoms with Crippen molar-refractivity contribution >= 4 is 33.4 Å². The van der Waals surface area contributed by atoms with Gasteiger partial charge in [0.2, 0.25) is 11.6 Å². The van der Waals surface area contributed by atoms with E-state index in [0.29, 0.717) is 11.4 Å². The average molecular weight is 340 g/mol. The number of aromatic nitrogens is 2. The predicted molar refractivity (Wildman–Crippen MR) is 101 cm³/mol. The Morgan fingerprint density at radius 1 is 0.577 bits per heavy atom. The molecule has 4 nitrogen and oxygen atoms in total. The third-order valence-corrected chi connectivity index (χ3v) is 4.31. The van der Waals surface area contributed by atoms with Crippen LogP contribution in [0.1, 0.15) is 11.4 Å². The van der Waals surface area contributed by atoms with E-state index in [4.69, 9.17) is 0 Å². The number of nitrogens with zero attached hydrogens (tertiary/aromatic N) is 2. The quantitative estimate of drug-likeness (QED) is 0.520. The zero-order valence-corrected chi connectivity index (χ0v) is 14.1. The summed E-state index contributed by atoms with van der Waals surface area (Å²) in [6, 6.07) is 22.8. The van der Waals surface area contributed by atoms with E-state index >= 15 is 0 Å². The summed E-state index contributed by atoms with van der Waals surface area (Å²) in [5, 5.41) is 2.02. The van der Waals surface area contributed by atoms with Crippen molar-refractivity contribution in [2.45, 2.75) is 12.8 Å². The van der Waals surface area contributed by atoms with Gasteiger partial charge in [-0.3, -0.25) is 19.6 Å². The molecule has 0 unspecified atom stereocenters. The van der Waals surface area contributed by atoms with E-state index in [1.807, 2.05) is 60.7 Å². The molecule has 0 atom stereocenters. The fraction of sp³-hybridized carbons (Fsp3) is 0.0909. The summed E-state index contributed by atoms with van der Waals surface area (Å²) in [7, 11) is 0. The molecular weight excluding hydrogens is 324 g/mol. The van der Waals surface area contributed by atoms with Crippen molar-refractivity contribution in [3.63, 3.8) is 0 Å². The van der Waals surface area contributed by atoms with E-state index in [-0.39, 0.29) is 12.8 Å². The van der Waals surface area contributed by atoms with Gasteiger partial charge in [-0.15, -0.1) is 0 Å². The van der Waals surface area contributed by atoms with Gasteiger partial charge in [-0.05, 0) is 24.3 Å². The van der Waals surface area contributed by atoms with Crippen molar-refractivity contribution in [3.05, 3.63) is 84.2 Å². The number of carbonyl (C=O) groups is 2. The molecule has 0 saturated carbocycles. The van der Waals surface area contributed by atoms with Crippen molar-refractivity contribution in [2.24, 2.45) is 0 Å². The molecule has 0 radical (unpaired) electrons. The Bertz CT molecular complexity index is 1040. The molecule has 0 aliphatic heterocycles. The second-order valence-electron chi connectivity index (χ2n) is 6.19. The van der Waals surface area contributed by atoms with Crippen molar-refractivity contribution in [1.29, 1.82) is 0 Å². The molecule has 2 heterocycles. The summed E-state index contributed by atoms with van der Waals surface area (Å²) >= 11 is 0. The highest BCUT2D eigenvalue weighted by Crippen LogP contribution is 2.14. The lowest BCUT2D eigenvalue weighted by molar-refractivity contribution is -0.135. The van der Waals surface area contributed by atoms with Gasteiger partial charge in [-0.2, -0.15) is 0 Å². The number of fused-ring (bicyclic) bond motifs is 2. The Labute approximate surface area is 150 Å². The first-order valence-electron chi connectivity index (χ1n) is 8.44. The Morgan fingerprint density at radius 3 is 1.46 bits per heavy atom. The highest BCUT2D eigenvalue weighted by atomic mass is 16.2. The smallest absolute Gasteiger partial charge is 0.204 e. The van der Waals surface area contributed by atoms with Gasteiger partial charge in [0.05, 0.1) is 23.9 Å². The molecule has 126 valence electrons. The second kappa shape index (κ2) is 6.84. The van der Waals surface area contributed by atoms with Crippen LogP contribution in [0.5, 0.6) is 0 Å². The van der Waals surface area contributed by atoms with E-state index in [2.05, 4.69) is 9.97 Å². The highest BCUT2D eigenvalue weighted by Gasteiger charge is 2.16. The standard InChI is InChI=1S/C22H16N2O2/c25-21(13-17-11-9-15-5-1-3-7-19(15)23-17)22(26)14-18-12-10-16-6-2-4-8-20(16)24-18/h1-12H,13-14H2. The van der Waals surface area contributed by atoms with E-state index in [1.165, 1.54) is 0 Å². The van der Waals surface area contributed by atoms with E-state index in [9.17, 15) is 9.59 Å². The van der Waals surface area contributed by atoms with Crippen LogP contribution >= 0.6 is 0 Å². The number of pyridine rings is 2. The molecule has 4 rings (SSSR count). The number of para-hydroxylation sites is 2. The van der Waals surface area contributed by atoms with Gasteiger partial charge in [0.15, 0.2) is 0 Å². The minimum Gasteiger partial charge on any atom is -0.290 e. The van der Waals surface area contributed by atoms with Gasteiger partial charge in [0, 0.05) is 22.2 Å². The fourth-order valence-electron chi connectivity index (χ4n) is 2.94. The maximum absolute atomic E-state index is 12.3. The number of hydrogen-bond acceptors (Lipinski definition) is 4. The molecule has 0 fully saturated rings. The van der Waals surface area contributed by atoms with Crippen LogP contribution in [0.3, 0.4) is 0 Å². The number of carbonyl (C=O) groups excluding carboxylic acids is 2. The SMILES string of the molecule is O=C(Cc1ccc2ccccc2n1)C(=O)Cc1ccc2ccccc2n1. The zero-order valence-electron chi connectivity index (χ0n) is 14.1. The van der Waals surface area contributed by atoms with Crippen LogP contribution in [0.25, 0.3) is 21.8 Å².